The lowest BCUT2D eigenvalue weighted by molar-refractivity contribution is 0.100. The summed E-state index contributed by atoms with van der Waals surface area (Å²) in [6.45, 7) is 4.45. The average molecular weight is 444 g/mol. The molecule has 0 radical (unpaired) electrons. The second kappa shape index (κ2) is 8.15. The summed E-state index contributed by atoms with van der Waals surface area (Å²) < 4.78 is 5.58. The summed E-state index contributed by atoms with van der Waals surface area (Å²) in [5.41, 5.74) is 7.20. The highest BCUT2D eigenvalue weighted by Gasteiger charge is 2.42. The van der Waals surface area contributed by atoms with Gasteiger partial charge in [0.05, 0.1) is 6.61 Å². The zero-order valence-electron chi connectivity index (χ0n) is 14.0. The van der Waals surface area contributed by atoms with Crippen molar-refractivity contribution in [1.29, 1.82) is 0 Å². The molecule has 1 amide bonds. The number of ether oxygens (including phenoxy) is 1. The second-order valence-corrected chi connectivity index (χ2v) is 6.44. The van der Waals surface area contributed by atoms with E-state index in [1.165, 1.54) is 6.42 Å². The van der Waals surface area contributed by atoms with Crippen LogP contribution in [0.5, 0.6) is 0 Å². The van der Waals surface area contributed by atoms with Crippen LogP contribution in [0.2, 0.25) is 0 Å². The van der Waals surface area contributed by atoms with Crippen LogP contribution in [0.1, 0.15) is 28.8 Å². The smallest absolute Gasteiger partial charge is 0.248 e. The van der Waals surface area contributed by atoms with Crippen molar-refractivity contribution in [3.63, 3.8) is 0 Å². The number of carbonyl (C=O) groups excluding carboxylic acids is 1. The predicted octanol–water partition coefficient (Wildman–Crippen LogP) is 1.59. The van der Waals surface area contributed by atoms with Gasteiger partial charge in [-0.2, -0.15) is 0 Å². The van der Waals surface area contributed by atoms with E-state index in [2.05, 4.69) is 15.2 Å². The number of primary amides is 1. The molecule has 24 heavy (non-hydrogen) atoms. The van der Waals surface area contributed by atoms with Gasteiger partial charge in [-0.15, -0.1) is 24.0 Å². The summed E-state index contributed by atoms with van der Waals surface area (Å²) in [5.74, 6) is 0.522. The van der Waals surface area contributed by atoms with Crippen molar-refractivity contribution in [2.24, 2.45) is 16.1 Å². The largest absolute Gasteiger partial charge is 0.381 e. The number of likely N-dealkylation sites (tertiary alicyclic amines) is 1. The van der Waals surface area contributed by atoms with Crippen LogP contribution < -0.4 is 11.1 Å². The van der Waals surface area contributed by atoms with E-state index >= 15 is 0 Å². The molecule has 0 aliphatic carbocycles. The molecule has 1 aromatic rings. The molecule has 1 unspecified atom stereocenters. The standard InChI is InChI=1S/C17H24N4O2.HI/c1-19-16(21-8-6-17(11-21)7-9-23-12-17)20-10-13-2-4-14(5-3-13)15(18)22;/h2-5H,6-12H2,1H3,(H2,18,22)(H,19,20);1H. The third-order valence-electron chi connectivity index (χ3n) is 4.82. The van der Waals surface area contributed by atoms with Crippen LogP contribution in [-0.4, -0.2) is 50.1 Å². The molecule has 2 aliphatic rings. The number of aliphatic imine (C=N–C) groups is 1. The maximum absolute atomic E-state index is 11.1. The molecule has 7 heteroatoms. The minimum Gasteiger partial charge on any atom is -0.381 e. The van der Waals surface area contributed by atoms with E-state index in [-0.39, 0.29) is 24.0 Å². The number of hydrogen-bond donors (Lipinski definition) is 2. The second-order valence-electron chi connectivity index (χ2n) is 6.44. The van der Waals surface area contributed by atoms with E-state index in [1.807, 2.05) is 19.2 Å². The van der Waals surface area contributed by atoms with Crippen LogP contribution in [0.25, 0.3) is 0 Å². The van der Waals surface area contributed by atoms with Gasteiger partial charge in [0.1, 0.15) is 0 Å². The van der Waals surface area contributed by atoms with Crippen molar-refractivity contribution in [1.82, 2.24) is 10.2 Å². The van der Waals surface area contributed by atoms with Crippen LogP contribution in [0.15, 0.2) is 29.3 Å². The van der Waals surface area contributed by atoms with Crippen molar-refractivity contribution in [3.05, 3.63) is 35.4 Å². The lowest BCUT2D eigenvalue weighted by Gasteiger charge is -2.25. The predicted molar refractivity (Wildman–Crippen MR) is 105 cm³/mol. The summed E-state index contributed by atoms with van der Waals surface area (Å²) in [6, 6.07) is 7.33. The Morgan fingerprint density at radius 3 is 2.71 bits per heavy atom. The highest BCUT2D eigenvalue weighted by Crippen LogP contribution is 2.38. The van der Waals surface area contributed by atoms with Crippen LogP contribution in [-0.2, 0) is 11.3 Å². The third-order valence-corrected chi connectivity index (χ3v) is 4.82. The van der Waals surface area contributed by atoms with Gasteiger partial charge >= 0.3 is 0 Å². The zero-order valence-corrected chi connectivity index (χ0v) is 16.3. The monoisotopic (exact) mass is 444 g/mol. The number of nitrogens with one attached hydrogen (secondary N) is 1. The Hall–Kier alpha value is -1.35. The number of halogens is 1. The van der Waals surface area contributed by atoms with Crippen LogP contribution in [0.3, 0.4) is 0 Å². The summed E-state index contributed by atoms with van der Waals surface area (Å²) in [5, 5.41) is 3.40. The summed E-state index contributed by atoms with van der Waals surface area (Å²) >= 11 is 0. The van der Waals surface area contributed by atoms with Crippen molar-refractivity contribution in [2.45, 2.75) is 19.4 Å². The summed E-state index contributed by atoms with van der Waals surface area (Å²) in [6.07, 6.45) is 2.32. The topological polar surface area (TPSA) is 79.9 Å². The first-order chi connectivity index (χ1) is 11.1. The minimum absolute atomic E-state index is 0. The van der Waals surface area contributed by atoms with Gasteiger partial charge in [0.2, 0.25) is 5.91 Å². The Balaban J connectivity index is 0.00000208. The quantitative estimate of drug-likeness (QED) is 0.422. The van der Waals surface area contributed by atoms with Gasteiger partial charge in [-0.3, -0.25) is 9.79 Å². The molecule has 2 aliphatic heterocycles. The van der Waals surface area contributed by atoms with Gasteiger partial charge in [0, 0.05) is 44.3 Å². The molecular weight excluding hydrogens is 419 g/mol. The number of guanidine groups is 1. The fraction of sp³-hybridized carbons (Fsp3) is 0.529. The molecule has 0 aromatic heterocycles. The van der Waals surface area contributed by atoms with Crippen LogP contribution in [0.4, 0.5) is 0 Å². The Kier molecular flexibility index (Phi) is 6.45. The molecule has 3 rings (SSSR count). The molecule has 2 saturated heterocycles. The maximum atomic E-state index is 11.1. The lowest BCUT2D eigenvalue weighted by Crippen LogP contribution is -2.41. The Bertz CT molecular complexity index is 597. The Morgan fingerprint density at radius 2 is 2.12 bits per heavy atom. The number of rotatable bonds is 3. The molecule has 1 aromatic carbocycles. The van der Waals surface area contributed by atoms with Crippen LogP contribution >= 0.6 is 24.0 Å². The van der Waals surface area contributed by atoms with Gasteiger partial charge < -0.3 is 20.7 Å². The van der Waals surface area contributed by atoms with E-state index < -0.39 is 5.91 Å². The maximum Gasteiger partial charge on any atom is 0.248 e. The summed E-state index contributed by atoms with van der Waals surface area (Å²) in [4.78, 5) is 17.8. The first kappa shape index (κ1) is 19.0. The fourth-order valence-corrected chi connectivity index (χ4v) is 3.39. The number of amides is 1. The highest BCUT2D eigenvalue weighted by molar-refractivity contribution is 14.0. The molecular formula is C17H25IN4O2. The van der Waals surface area contributed by atoms with Crippen molar-refractivity contribution in [2.75, 3.05) is 33.4 Å². The van der Waals surface area contributed by atoms with E-state index in [0.717, 1.165) is 44.2 Å². The van der Waals surface area contributed by atoms with E-state index in [9.17, 15) is 4.79 Å². The number of benzene rings is 1. The molecule has 2 heterocycles. The van der Waals surface area contributed by atoms with E-state index in [1.54, 1.807) is 12.1 Å². The van der Waals surface area contributed by atoms with Crippen LogP contribution in [0, 0.1) is 5.41 Å². The normalized spacial score (nSPS) is 23.4. The van der Waals surface area contributed by atoms with Crippen molar-refractivity contribution < 1.29 is 9.53 Å². The number of nitrogens with two attached hydrogens (primary N) is 1. The molecule has 6 nitrogen and oxygen atoms in total. The van der Waals surface area contributed by atoms with E-state index in [4.69, 9.17) is 10.5 Å². The van der Waals surface area contributed by atoms with E-state index in [0.29, 0.717) is 17.5 Å². The van der Waals surface area contributed by atoms with Gasteiger partial charge in [0.15, 0.2) is 5.96 Å². The fourth-order valence-electron chi connectivity index (χ4n) is 3.39. The average Bonchev–Trinajstić information content (AvgIpc) is 3.19. The first-order valence-electron chi connectivity index (χ1n) is 8.04. The lowest BCUT2D eigenvalue weighted by atomic mass is 9.87. The number of carbonyl (C=O) groups is 1. The minimum atomic E-state index is -0.401. The number of nitrogens with zero attached hydrogens (tertiary/aromatic N) is 2. The zero-order chi connectivity index (χ0) is 16.3. The Labute approximate surface area is 159 Å². The third kappa shape index (κ3) is 4.18. The first-order valence-corrected chi connectivity index (χ1v) is 8.04. The van der Waals surface area contributed by atoms with Crippen molar-refractivity contribution >= 4 is 35.8 Å². The SMILES string of the molecule is CN=C(NCc1ccc(C(N)=O)cc1)N1CCC2(CCOC2)C1.I. The van der Waals surface area contributed by atoms with Gasteiger partial charge in [-0.25, -0.2) is 0 Å². The van der Waals surface area contributed by atoms with Gasteiger partial charge in [-0.05, 0) is 30.5 Å². The highest BCUT2D eigenvalue weighted by atomic mass is 127. The van der Waals surface area contributed by atoms with Crippen molar-refractivity contribution in [3.8, 4) is 0 Å². The Morgan fingerprint density at radius 1 is 1.38 bits per heavy atom. The molecule has 132 valence electrons. The van der Waals surface area contributed by atoms with Gasteiger partial charge in [-0.1, -0.05) is 12.1 Å². The summed E-state index contributed by atoms with van der Waals surface area (Å²) in [7, 11) is 1.81. The molecule has 1 spiro atoms. The molecule has 0 bridgehead atoms. The molecule has 2 fully saturated rings. The molecule has 0 saturated carbocycles. The molecule has 3 N–H and O–H groups in total. The molecule has 1 atom stereocenters. The van der Waals surface area contributed by atoms with Gasteiger partial charge in [0.25, 0.3) is 0 Å². The number of hydrogen-bond acceptors (Lipinski definition) is 3.